The number of rotatable bonds is 6. The molecule has 0 spiro atoms. The zero-order valence-electron chi connectivity index (χ0n) is 39.8. The summed E-state index contributed by atoms with van der Waals surface area (Å²) < 4.78 is 2.55. The molecule has 0 bridgehead atoms. The van der Waals surface area contributed by atoms with E-state index in [1.54, 1.807) is 0 Å². The van der Waals surface area contributed by atoms with E-state index in [4.69, 9.17) is 0 Å². The summed E-state index contributed by atoms with van der Waals surface area (Å²) in [6.45, 7) is 14.2. The Morgan fingerprint density at radius 3 is 1.38 bits per heavy atom. The average Bonchev–Trinajstić information content (AvgIpc) is 3.85. The van der Waals surface area contributed by atoms with Gasteiger partial charge in [-0.2, -0.15) is 0 Å². The first kappa shape index (κ1) is 41.7. The van der Waals surface area contributed by atoms with Crippen LogP contribution < -0.4 is 0 Å². The van der Waals surface area contributed by atoms with E-state index in [2.05, 4.69) is 271 Å². The maximum atomic E-state index is 2.55. The number of benzene rings is 10. The van der Waals surface area contributed by atoms with E-state index < -0.39 is 5.41 Å². The Morgan fingerprint density at radius 1 is 0.338 bits per heavy atom. The van der Waals surface area contributed by atoms with Crippen LogP contribution in [-0.2, 0) is 16.2 Å². The van der Waals surface area contributed by atoms with E-state index in [0.717, 1.165) is 5.69 Å². The van der Waals surface area contributed by atoms with Crippen LogP contribution in [0.2, 0.25) is 0 Å². The van der Waals surface area contributed by atoms with Gasteiger partial charge in [-0.15, -0.1) is 0 Å². The molecule has 68 heavy (non-hydrogen) atoms. The van der Waals surface area contributed by atoms with Crippen LogP contribution in [0, 0.1) is 0 Å². The van der Waals surface area contributed by atoms with Gasteiger partial charge in [0, 0.05) is 16.6 Å². The van der Waals surface area contributed by atoms with E-state index in [-0.39, 0.29) is 10.8 Å². The molecule has 328 valence electrons. The van der Waals surface area contributed by atoms with Crippen molar-refractivity contribution in [3.8, 4) is 50.3 Å². The fraction of sp³-hybridized carbons (Fsp3) is 0.134. The fourth-order valence-electron chi connectivity index (χ4n) is 12.0. The predicted molar refractivity (Wildman–Crippen MR) is 289 cm³/mol. The van der Waals surface area contributed by atoms with Gasteiger partial charge in [-0.3, -0.25) is 0 Å². The summed E-state index contributed by atoms with van der Waals surface area (Å²) in [5.41, 5.74) is 19.5. The molecule has 1 heterocycles. The van der Waals surface area contributed by atoms with Crippen molar-refractivity contribution < 1.29 is 0 Å². The van der Waals surface area contributed by atoms with Gasteiger partial charge in [0.25, 0.3) is 0 Å². The Hall–Kier alpha value is -7.74. The Bertz CT molecular complexity index is 3650. The normalized spacial score (nSPS) is 13.3. The SMILES string of the molecule is CC(C)(C)c1c2ccccc2c(C(C)(C)C)c2cc3c(cc12)c(-c1ccccc1)c(-c1ccccc1)n3-c1ccc(-c2ccc3c(c2)C(c2ccccc2)(c2ccccc2)c2ccccc2-3)cc1. The van der Waals surface area contributed by atoms with Crippen molar-refractivity contribution in [2.45, 2.75) is 57.8 Å². The lowest BCUT2D eigenvalue weighted by atomic mass is 9.67. The molecular formula is C67H55N. The summed E-state index contributed by atoms with van der Waals surface area (Å²) >= 11 is 0. The molecule has 11 aromatic rings. The third-order valence-corrected chi connectivity index (χ3v) is 14.6. The maximum absolute atomic E-state index is 2.55. The highest BCUT2D eigenvalue weighted by Crippen LogP contribution is 2.57. The van der Waals surface area contributed by atoms with Gasteiger partial charge in [0.15, 0.2) is 0 Å². The monoisotopic (exact) mass is 873 g/mol. The summed E-state index contributed by atoms with van der Waals surface area (Å²) in [4.78, 5) is 0. The summed E-state index contributed by atoms with van der Waals surface area (Å²) in [7, 11) is 0. The van der Waals surface area contributed by atoms with E-state index in [9.17, 15) is 0 Å². The molecule has 10 aromatic carbocycles. The van der Waals surface area contributed by atoms with E-state index in [0.29, 0.717) is 0 Å². The predicted octanol–water partition coefficient (Wildman–Crippen LogP) is 17.9. The highest BCUT2D eigenvalue weighted by molar-refractivity contribution is 6.16. The highest BCUT2D eigenvalue weighted by atomic mass is 15.0. The first-order chi connectivity index (χ1) is 33.0. The molecule has 12 rings (SSSR count). The lowest BCUT2D eigenvalue weighted by Gasteiger charge is -2.34. The van der Waals surface area contributed by atoms with Crippen molar-refractivity contribution in [1.82, 2.24) is 4.57 Å². The number of aromatic nitrogens is 1. The molecule has 0 amide bonds. The molecule has 0 saturated heterocycles. The molecular weight excluding hydrogens is 819 g/mol. The second-order valence-electron chi connectivity index (χ2n) is 20.8. The van der Waals surface area contributed by atoms with Crippen molar-refractivity contribution in [3.63, 3.8) is 0 Å². The highest BCUT2D eigenvalue weighted by Gasteiger charge is 2.46. The van der Waals surface area contributed by atoms with Crippen molar-refractivity contribution >= 4 is 32.4 Å². The molecule has 0 unspecified atom stereocenters. The van der Waals surface area contributed by atoms with Crippen LogP contribution in [0.3, 0.4) is 0 Å². The van der Waals surface area contributed by atoms with E-state index in [1.807, 2.05) is 0 Å². The number of hydrogen-bond donors (Lipinski definition) is 0. The fourth-order valence-corrected chi connectivity index (χ4v) is 12.0. The molecule has 1 nitrogen and oxygen atoms in total. The second kappa shape index (κ2) is 15.7. The van der Waals surface area contributed by atoms with Crippen LogP contribution in [0.1, 0.15) is 74.9 Å². The Kier molecular flexibility index (Phi) is 9.61. The molecule has 0 fully saturated rings. The first-order valence-corrected chi connectivity index (χ1v) is 24.2. The van der Waals surface area contributed by atoms with Crippen LogP contribution in [0.25, 0.3) is 82.8 Å². The molecule has 1 aliphatic rings. The minimum atomic E-state index is -0.459. The van der Waals surface area contributed by atoms with Gasteiger partial charge >= 0.3 is 0 Å². The van der Waals surface area contributed by atoms with E-state index in [1.165, 1.54) is 110 Å². The number of hydrogen-bond acceptors (Lipinski definition) is 0. The zero-order valence-corrected chi connectivity index (χ0v) is 39.8. The molecule has 1 aliphatic carbocycles. The Labute approximate surface area is 401 Å². The summed E-state index contributed by atoms with van der Waals surface area (Å²) in [5.74, 6) is 0. The average molecular weight is 874 g/mol. The van der Waals surface area contributed by atoms with Crippen molar-refractivity contribution in [2.75, 3.05) is 0 Å². The Balaban J connectivity index is 1.12. The third-order valence-electron chi connectivity index (χ3n) is 14.6. The van der Waals surface area contributed by atoms with Crippen LogP contribution in [0.15, 0.2) is 224 Å². The largest absolute Gasteiger partial charge is 0.309 e. The van der Waals surface area contributed by atoms with Gasteiger partial charge < -0.3 is 4.57 Å². The maximum Gasteiger partial charge on any atom is 0.0713 e. The summed E-state index contributed by atoms with van der Waals surface area (Å²) in [6.07, 6.45) is 0. The Morgan fingerprint density at radius 2 is 0.809 bits per heavy atom. The van der Waals surface area contributed by atoms with Gasteiger partial charge in [0.05, 0.1) is 16.6 Å². The minimum absolute atomic E-state index is 0.0995. The van der Waals surface area contributed by atoms with Gasteiger partial charge in [-0.05, 0) is 129 Å². The van der Waals surface area contributed by atoms with Gasteiger partial charge in [-0.25, -0.2) is 0 Å². The standard InChI is InChI=1S/C67H55N/c1-65(2,3)62-53-32-19-20-33-54(53)63(66(4,5)6)56-43-60-57(42-55(56)62)61(45-23-11-7-12-24-45)64(46-25-13-8-14-26-46)68(60)50-38-35-44(36-39-50)47-37-40-52-51-31-21-22-34-58(51)67(59(52)41-47,48-27-15-9-16-28-48)49-29-17-10-18-30-49/h7-43H,1-6H3. The van der Waals surface area contributed by atoms with Crippen LogP contribution in [0.4, 0.5) is 0 Å². The lowest BCUT2D eigenvalue weighted by Crippen LogP contribution is -2.28. The van der Waals surface area contributed by atoms with Crippen LogP contribution in [0.5, 0.6) is 0 Å². The second-order valence-corrected chi connectivity index (χ2v) is 20.8. The smallest absolute Gasteiger partial charge is 0.0713 e. The van der Waals surface area contributed by atoms with Crippen LogP contribution in [-0.4, -0.2) is 4.57 Å². The minimum Gasteiger partial charge on any atom is -0.309 e. The van der Waals surface area contributed by atoms with Crippen molar-refractivity contribution in [3.05, 3.63) is 258 Å². The van der Waals surface area contributed by atoms with E-state index >= 15 is 0 Å². The van der Waals surface area contributed by atoms with Gasteiger partial charge in [0.1, 0.15) is 0 Å². The molecule has 1 aromatic heterocycles. The summed E-state index contributed by atoms with van der Waals surface area (Å²) in [6, 6.07) is 83.9. The molecule has 0 saturated carbocycles. The molecule has 0 aliphatic heterocycles. The number of nitrogens with zero attached hydrogens (tertiary/aromatic N) is 1. The van der Waals surface area contributed by atoms with Gasteiger partial charge in [-0.1, -0.05) is 236 Å². The van der Waals surface area contributed by atoms with Crippen molar-refractivity contribution in [2.24, 2.45) is 0 Å². The molecule has 0 radical (unpaired) electrons. The lowest BCUT2D eigenvalue weighted by molar-refractivity contribution is 0.593. The first-order valence-electron chi connectivity index (χ1n) is 24.2. The topological polar surface area (TPSA) is 4.93 Å². The molecule has 1 heteroatoms. The van der Waals surface area contributed by atoms with Crippen molar-refractivity contribution in [1.29, 1.82) is 0 Å². The number of fused-ring (bicyclic) bond motifs is 6. The zero-order chi connectivity index (χ0) is 46.4. The summed E-state index contributed by atoms with van der Waals surface area (Å²) in [5, 5.41) is 6.59. The third kappa shape index (κ3) is 6.36. The molecule has 0 N–H and O–H groups in total. The van der Waals surface area contributed by atoms with Gasteiger partial charge in [0.2, 0.25) is 0 Å². The molecule has 0 atom stereocenters. The van der Waals surface area contributed by atoms with Crippen LogP contribution >= 0.6 is 0 Å². The quantitative estimate of drug-likeness (QED) is 0.147.